The van der Waals surface area contributed by atoms with Gasteiger partial charge in [0.2, 0.25) is 11.8 Å². The zero-order valence-electron chi connectivity index (χ0n) is 23.8. The Balaban J connectivity index is 1.98. The number of benzene rings is 2. The molecular formula is C30H38N4O4S. The second kappa shape index (κ2) is 11.7. The quantitative estimate of drug-likeness (QED) is 0.419. The molecule has 39 heavy (non-hydrogen) atoms. The molecule has 1 atom stereocenters. The summed E-state index contributed by atoms with van der Waals surface area (Å²) in [5.41, 5.74) is 3.16. The summed E-state index contributed by atoms with van der Waals surface area (Å²) in [6.45, 7) is 10.9. The molecule has 3 aromatic rings. The number of anilines is 1. The van der Waals surface area contributed by atoms with Crippen LogP contribution in [0.15, 0.2) is 48.5 Å². The predicted octanol–water partition coefficient (Wildman–Crippen LogP) is 5.13. The molecule has 2 aromatic carbocycles. The molecule has 1 aliphatic rings. The molecule has 0 saturated carbocycles. The van der Waals surface area contributed by atoms with Crippen LogP contribution in [0.3, 0.4) is 0 Å². The van der Waals surface area contributed by atoms with Gasteiger partial charge in [0.25, 0.3) is 0 Å². The van der Waals surface area contributed by atoms with E-state index in [4.69, 9.17) is 14.6 Å². The number of rotatable bonds is 8. The monoisotopic (exact) mass is 550 g/mol. The van der Waals surface area contributed by atoms with Crippen molar-refractivity contribution in [3.8, 4) is 17.2 Å². The number of hydrogen-bond acceptors (Lipinski definition) is 6. The van der Waals surface area contributed by atoms with Crippen molar-refractivity contribution in [2.75, 3.05) is 38.0 Å². The maximum absolute atomic E-state index is 13.8. The van der Waals surface area contributed by atoms with Gasteiger partial charge in [-0.3, -0.25) is 14.5 Å². The van der Waals surface area contributed by atoms with Crippen LogP contribution < -0.4 is 19.7 Å². The highest BCUT2D eigenvalue weighted by Gasteiger charge is 2.40. The maximum Gasteiger partial charge on any atom is 0.240 e. The Morgan fingerprint density at radius 3 is 2.41 bits per heavy atom. The van der Waals surface area contributed by atoms with Gasteiger partial charge in [-0.25, -0.2) is 4.68 Å². The Bertz CT molecular complexity index is 1330. The largest absolute Gasteiger partial charge is 0.497 e. The van der Waals surface area contributed by atoms with Gasteiger partial charge in [0.1, 0.15) is 23.9 Å². The standard InChI is InChI=1S/C30H38N4O4S/c1-19(2)16-31-24(35)17-33-25(36)18-39-27(22-10-8-9-11-23(22)38-7)26-28(30(3,4)5)32-34(29(26)33)20-12-14-21(37-6)15-13-20/h8-15,19,27H,16-18H2,1-7H3,(H,31,35). The molecule has 2 amide bonds. The minimum Gasteiger partial charge on any atom is -0.497 e. The van der Waals surface area contributed by atoms with E-state index in [-0.39, 0.29) is 34.8 Å². The maximum atomic E-state index is 13.8. The third kappa shape index (κ3) is 6.08. The second-order valence-electron chi connectivity index (χ2n) is 11.1. The van der Waals surface area contributed by atoms with Crippen LogP contribution in [0.5, 0.6) is 11.5 Å². The van der Waals surface area contributed by atoms with E-state index in [1.54, 1.807) is 23.8 Å². The molecule has 0 saturated heterocycles. The normalized spacial score (nSPS) is 15.6. The van der Waals surface area contributed by atoms with E-state index in [0.29, 0.717) is 18.3 Å². The number of methoxy groups -OCH3 is 2. The summed E-state index contributed by atoms with van der Waals surface area (Å²) in [5.74, 6) is 2.23. The molecular weight excluding hydrogens is 512 g/mol. The van der Waals surface area contributed by atoms with Crippen molar-refractivity contribution < 1.29 is 19.1 Å². The SMILES string of the molecule is COc1ccc(-n2nc(C(C)(C)C)c3c2N(CC(=O)NCC(C)C)C(=O)CSC3c2ccccc2OC)cc1. The molecule has 0 radical (unpaired) electrons. The van der Waals surface area contributed by atoms with Crippen LogP contribution in [0, 0.1) is 5.92 Å². The highest BCUT2D eigenvalue weighted by molar-refractivity contribution is 8.00. The fourth-order valence-electron chi connectivity index (χ4n) is 4.62. The van der Waals surface area contributed by atoms with Gasteiger partial charge in [-0.1, -0.05) is 52.8 Å². The number of ether oxygens (including phenoxy) is 2. The zero-order chi connectivity index (χ0) is 28.3. The van der Waals surface area contributed by atoms with E-state index in [2.05, 4.69) is 26.1 Å². The molecule has 9 heteroatoms. The minimum atomic E-state index is -0.346. The van der Waals surface area contributed by atoms with Gasteiger partial charge < -0.3 is 14.8 Å². The fourth-order valence-corrected chi connectivity index (χ4v) is 5.85. The van der Waals surface area contributed by atoms with Gasteiger partial charge >= 0.3 is 0 Å². The molecule has 4 rings (SSSR count). The molecule has 0 spiro atoms. The van der Waals surface area contributed by atoms with Crippen molar-refractivity contribution in [3.05, 3.63) is 65.4 Å². The van der Waals surface area contributed by atoms with Gasteiger partial charge in [-0.15, -0.1) is 11.8 Å². The highest BCUT2D eigenvalue weighted by Crippen LogP contribution is 2.50. The third-order valence-electron chi connectivity index (χ3n) is 6.55. The van der Waals surface area contributed by atoms with Crippen LogP contribution in [-0.4, -0.2) is 54.7 Å². The van der Waals surface area contributed by atoms with E-state index in [9.17, 15) is 9.59 Å². The molecule has 2 heterocycles. The number of thioether (sulfide) groups is 1. The van der Waals surface area contributed by atoms with Crippen molar-refractivity contribution >= 4 is 29.4 Å². The van der Waals surface area contributed by atoms with Crippen molar-refractivity contribution in [2.45, 2.75) is 45.3 Å². The number of hydrogen-bond donors (Lipinski definition) is 1. The first-order valence-corrected chi connectivity index (χ1v) is 14.2. The van der Waals surface area contributed by atoms with Crippen LogP contribution >= 0.6 is 11.8 Å². The average molecular weight is 551 g/mol. The number of amides is 2. The predicted molar refractivity (Wildman–Crippen MR) is 156 cm³/mol. The Labute approximate surface area is 235 Å². The minimum absolute atomic E-state index is 0.0941. The van der Waals surface area contributed by atoms with E-state index >= 15 is 0 Å². The van der Waals surface area contributed by atoms with E-state index < -0.39 is 0 Å². The number of nitrogens with one attached hydrogen (secondary N) is 1. The Kier molecular flexibility index (Phi) is 8.59. The van der Waals surface area contributed by atoms with Crippen LogP contribution in [-0.2, 0) is 15.0 Å². The van der Waals surface area contributed by atoms with Gasteiger partial charge in [0.05, 0.1) is 36.6 Å². The number of fused-ring (bicyclic) bond motifs is 1. The van der Waals surface area contributed by atoms with E-state index in [1.165, 1.54) is 11.8 Å². The molecule has 0 fully saturated rings. The summed E-state index contributed by atoms with van der Waals surface area (Å²) < 4.78 is 12.9. The lowest BCUT2D eigenvalue weighted by Crippen LogP contribution is -2.43. The Morgan fingerprint density at radius 1 is 1.10 bits per heavy atom. The highest BCUT2D eigenvalue weighted by atomic mass is 32.2. The molecule has 0 bridgehead atoms. The molecule has 1 aliphatic heterocycles. The smallest absolute Gasteiger partial charge is 0.240 e. The lowest BCUT2D eigenvalue weighted by molar-refractivity contribution is -0.123. The zero-order valence-corrected chi connectivity index (χ0v) is 24.6. The van der Waals surface area contributed by atoms with Gasteiger partial charge in [-0.2, -0.15) is 5.10 Å². The fraction of sp³-hybridized carbons (Fsp3) is 0.433. The van der Waals surface area contributed by atoms with E-state index in [1.807, 2.05) is 62.4 Å². The van der Waals surface area contributed by atoms with Crippen molar-refractivity contribution in [2.24, 2.45) is 5.92 Å². The van der Waals surface area contributed by atoms with Crippen LogP contribution in [0.4, 0.5) is 5.82 Å². The summed E-state index contributed by atoms with van der Waals surface area (Å²) in [6, 6.07) is 15.4. The van der Waals surface area contributed by atoms with Crippen molar-refractivity contribution in [1.29, 1.82) is 0 Å². The summed E-state index contributed by atoms with van der Waals surface area (Å²) in [6.07, 6.45) is 0. The summed E-state index contributed by atoms with van der Waals surface area (Å²) in [5, 5.41) is 7.86. The van der Waals surface area contributed by atoms with Gasteiger partial charge in [0.15, 0.2) is 0 Å². The van der Waals surface area contributed by atoms with E-state index in [0.717, 1.165) is 34.0 Å². The van der Waals surface area contributed by atoms with Gasteiger partial charge in [-0.05, 0) is 36.2 Å². The topological polar surface area (TPSA) is 85.7 Å². The summed E-state index contributed by atoms with van der Waals surface area (Å²) in [7, 11) is 3.28. The second-order valence-corrected chi connectivity index (χ2v) is 12.1. The number of aromatic nitrogens is 2. The number of para-hydroxylation sites is 1. The molecule has 1 aromatic heterocycles. The van der Waals surface area contributed by atoms with Crippen LogP contribution in [0.2, 0.25) is 0 Å². The third-order valence-corrected chi connectivity index (χ3v) is 7.78. The summed E-state index contributed by atoms with van der Waals surface area (Å²) >= 11 is 1.54. The van der Waals surface area contributed by atoms with Crippen molar-refractivity contribution in [1.82, 2.24) is 15.1 Å². The average Bonchev–Trinajstić information content (AvgIpc) is 3.25. The number of carbonyl (C=O) groups is 2. The molecule has 1 unspecified atom stereocenters. The molecule has 1 N–H and O–H groups in total. The number of carbonyl (C=O) groups excluding carboxylic acids is 2. The summed E-state index contributed by atoms with van der Waals surface area (Å²) in [4.78, 5) is 28.4. The van der Waals surface area contributed by atoms with Gasteiger partial charge in [0, 0.05) is 23.1 Å². The Morgan fingerprint density at radius 2 is 1.79 bits per heavy atom. The molecule has 8 nitrogen and oxygen atoms in total. The Hall–Kier alpha value is -3.46. The molecule has 0 aliphatic carbocycles. The molecule has 208 valence electrons. The number of nitrogens with zero attached hydrogens (tertiary/aromatic N) is 3. The van der Waals surface area contributed by atoms with Crippen molar-refractivity contribution in [3.63, 3.8) is 0 Å². The first-order chi connectivity index (χ1) is 18.5. The lowest BCUT2D eigenvalue weighted by atomic mass is 9.87. The first-order valence-electron chi connectivity index (χ1n) is 13.1. The first kappa shape index (κ1) is 28.5. The van der Waals surface area contributed by atoms with Crippen LogP contribution in [0.1, 0.15) is 56.7 Å². The lowest BCUT2D eigenvalue weighted by Gasteiger charge is -2.25. The van der Waals surface area contributed by atoms with Crippen LogP contribution in [0.25, 0.3) is 5.69 Å².